The van der Waals surface area contributed by atoms with Gasteiger partial charge in [-0.3, -0.25) is 0 Å². The molecular formula is C14H14N2O4. The summed E-state index contributed by atoms with van der Waals surface area (Å²) in [5.41, 5.74) is 12.7. The van der Waals surface area contributed by atoms with Gasteiger partial charge in [0.25, 0.3) is 0 Å². The van der Waals surface area contributed by atoms with Crippen LogP contribution in [0.4, 0.5) is 11.4 Å². The highest BCUT2D eigenvalue weighted by molar-refractivity contribution is 5.70. The molecule has 0 bridgehead atoms. The van der Waals surface area contributed by atoms with Crippen LogP contribution in [0.1, 0.15) is 34.5 Å². The molecule has 2 unspecified atom stereocenters. The van der Waals surface area contributed by atoms with Gasteiger partial charge in [-0.15, -0.1) is 0 Å². The molecule has 2 atom stereocenters. The van der Waals surface area contributed by atoms with Crippen molar-refractivity contribution in [2.24, 2.45) is 0 Å². The summed E-state index contributed by atoms with van der Waals surface area (Å²) in [5.74, 6) is -0.372. The molecule has 1 aliphatic carbocycles. The molecule has 104 valence electrons. The number of rotatable bonds is 0. The van der Waals surface area contributed by atoms with Crippen LogP contribution in [0.15, 0.2) is 24.3 Å². The summed E-state index contributed by atoms with van der Waals surface area (Å²) in [5, 5.41) is 40.7. The van der Waals surface area contributed by atoms with E-state index >= 15 is 0 Å². The van der Waals surface area contributed by atoms with Crippen molar-refractivity contribution in [1.29, 1.82) is 0 Å². The summed E-state index contributed by atoms with van der Waals surface area (Å²) >= 11 is 0. The Morgan fingerprint density at radius 3 is 1.35 bits per heavy atom. The lowest BCUT2D eigenvalue weighted by Gasteiger charge is -2.31. The zero-order chi connectivity index (χ0) is 14.6. The van der Waals surface area contributed by atoms with Crippen molar-refractivity contribution >= 4 is 11.4 Å². The summed E-state index contributed by atoms with van der Waals surface area (Å²) < 4.78 is 0. The highest BCUT2D eigenvalue weighted by atomic mass is 16.3. The number of hydrogen-bond donors (Lipinski definition) is 6. The van der Waals surface area contributed by atoms with Crippen LogP contribution in [-0.2, 0) is 0 Å². The average molecular weight is 274 g/mol. The third-order valence-corrected chi connectivity index (χ3v) is 3.69. The Bertz CT molecular complexity index is 595. The number of phenolic OH excluding ortho intramolecular Hbond substituents is 2. The fraction of sp³-hybridized carbons (Fsp3) is 0.143. The maximum Gasteiger partial charge on any atom is 0.122 e. The Labute approximate surface area is 114 Å². The van der Waals surface area contributed by atoms with Crippen LogP contribution in [0.2, 0.25) is 0 Å². The molecule has 0 amide bonds. The van der Waals surface area contributed by atoms with E-state index in [0.29, 0.717) is 0 Å². The van der Waals surface area contributed by atoms with E-state index in [-0.39, 0.29) is 45.1 Å². The molecule has 8 N–H and O–H groups in total. The molecule has 0 spiro atoms. The quantitative estimate of drug-likeness (QED) is 0.310. The largest absolute Gasteiger partial charge is 0.508 e. The number of aromatic hydroxyl groups is 2. The van der Waals surface area contributed by atoms with Gasteiger partial charge in [0.1, 0.15) is 23.7 Å². The summed E-state index contributed by atoms with van der Waals surface area (Å²) in [6, 6.07) is 5.54. The minimum Gasteiger partial charge on any atom is -0.508 e. The number of hydrogen-bond acceptors (Lipinski definition) is 6. The molecule has 0 radical (unpaired) electrons. The standard InChI is InChI=1S/C14H14N2O4/c15-5-1-3-7(17)11-9(5)13(19)12-8(18)4-2-6(16)10(12)14(11)20/h1-4,13-14,17-20H,15-16H2. The summed E-state index contributed by atoms with van der Waals surface area (Å²) in [7, 11) is 0. The predicted octanol–water partition coefficient (Wildman–Crippen LogP) is 0.739. The Balaban J connectivity index is 2.39. The van der Waals surface area contributed by atoms with Crippen molar-refractivity contribution in [2.45, 2.75) is 12.2 Å². The van der Waals surface area contributed by atoms with E-state index in [4.69, 9.17) is 11.5 Å². The molecule has 1 aliphatic rings. The van der Waals surface area contributed by atoms with Crippen molar-refractivity contribution in [3.05, 3.63) is 46.5 Å². The van der Waals surface area contributed by atoms with E-state index in [0.717, 1.165) is 0 Å². The maximum absolute atomic E-state index is 10.4. The van der Waals surface area contributed by atoms with Crippen LogP contribution in [-0.4, -0.2) is 20.4 Å². The molecule has 0 aromatic heterocycles. The van der Waals surface area contributed by atoms with E-state index in [1.807, 2.05) is 0 Å². The second-order valence-corrected chi connectivity index (χ2v) is 4.81. The Morgan fingerprint density at radius 2 is 1.00 bits per heavy atom. The number of aliphatic hydroxyl groups excluding tert-OH is 2. The summed E-state index contributed by atoms with van der Waals surface area (Å²) in [6.07, 6.45) is -2.53. The van der Waals surface area contributed by atoms with Gasteiger partial charge in [0.05, 0.1) is 0 Å². The molecule has 6 heteroatoms. The molecule has 3 rings (SSSR count). The lowest BCUT2D eigenvalue weighted by molar-refractivity contribution is 0.168. The molecule has 2 aromatic rings. The average Bonchev–Trinajstić information content (AvgIpc) is 2.41. The topological polar surface area (TPSA) is 133 Å². The normalized spacial score (nSPS) is 20.3. The number of anilines is 2. The molecular weight excluding hydrogens is 260 g/mol. The van der Waals surface area contributed by atoms with Gasteiger partial charge in [0, 0.05) is 33.6 Å². The van der Waals surface area contributed by atoms with Crippen LogP contribution in [0.25, 0.3) is 0 Å². The van der Waals surface area contributed by atoms with Crippen LogP contribution >= 0.6 is 0 Å². The Kier molecular flexibility index (Phi) is 2.53. The number of aliphatic hydroxyl groups is 2. The number of fused-ring (bicyclic) bond motifs is 2. The van der Waals surface area contributed by atoms with Crippen molar-refractivity contribution in [3.8, 4) is 11.5 Å². The Morgan fingerprint density at radius 1 is 0.650 bits per heavy atom. The molecule has 0 saturated heterocycles. The highest BCUT2D eigenvalue weighted by Crippen LogP contribution is 2.50. The third kappa shape index (κ3) is 1.46. The van der Waals surface area contributed by atoms with Crippen LogP contribution < -0.4 is 11.5 Å². The second-order valence-electron chi connectivity index (χ2n) is 4.81. The highest BCUT2D eigenvalue weighted by Gasteiger charge is 2.37. The first kappa shape index (κ1) is 12.6. The molecule has 0 fully saturated rings. The first-order chi connectivity index (χ1) is 9.43. The van der Waals surface area contributed by atoms with Crippen molar-refractivity contribution in [2.75, 3.05) is 11.5 Å². The molecule has 20 heavy (non-hydrogen) atoms. The fourth-order valence-corrected chi connectivity index (χ4v) is 2.76. The predicted molar refractivity (Wildman–Crippen MR) is 73.2 cm³/mol. The maximum atomic E-state index is 10.4. The van der Waals surface area contributed by atoms with Gasteiger partial charge in [0.2, 0.25) is 0 Å². The number of nitrogens with two attached hydrogens (primary N) is 2. The summed E-state index contributed by atoms with van der Waals surface area (Å²) in [4.78, 5) is 0. The van der Waals surface area contributed by atoms with Gasteiger partial charge in [-0.05, 0) is 24.3 Å². The molecule has 0 saturated carbocycles. The van der Waals surface area contributed by atoms with Crippen LogP contribution in [0.5, 0.6) is 11.5 Å². The van der Waals surface area contributed by atoms with Gasteiger partial charge >= 0.3 is 0 Å². The van der Waals surface area contributed by atoms with E-state index in [1.165, 1.54) is 24.3 Å². The van der Waals surface area contributed by atoms with Gasteiger partial charge in [0.15, 0.2) is 0 Å². The van der Waals surface area contributed by atoms with Gasteiger partial charge in [-0.25, -0.2) is 0 Å². The molecule has 6 nitrogen and oxygen atoms in total. The van der Waals surface area contributed by atoms with Crippen LogP contribution in [0, 0.1) is 0 Å². The van der Waals surface area contributed by atoms with Gasteiger partial charge in [-0.2, -0.15) is 0 Å². The summed E-state index contributed by atoms with van der Waals surface area (Å²) in [6.45, 7) is 0. The van der Waals surface area contributed by atoms with E-state index < -0.39 is 12.2 Å². The number of phenols is 2. The van der Waals surface area contributed by atoms with Crippen molar-refractivity contribution in [1.82, 2.24) is 0 Å². The SMILES string of the molecule is Nc1ccc(O)c2c1C(O)c1c(O)ccc(N)c1C2O. The van der Waals surface area contributed by atoms with Gasteiger partial charge in [-0.1, -0.05) is 0 Å². The number of benzene rings is 2. The van der Waals surface area contributed by atoms with Gasteiger partial charge < -0.3 is 31.9 Å². The van der Waals surface area contributed by atoms with E-state index in [2.05, 4.69) is 0 Å². The van der Waals surface area contributed by atoms with E-state index in [1.54, 1.807) is 0 Å². The second kappa shape index (κ2) is 4.03. The zero-order valence-electron chi connectivity index (χ0n) is 10.4. The molecule has 2 aromatic carbocycles. The van der Waals surface area contributed by atoms with Crippen LogP contribution in [0.3, 0.4) is 0 Å². The molecule has 0 aliphatic heterocycles. The smallest absolute Gasteiger partial charge is 0.122 e. The fourth-order valence-electron chi connectivity index (χ4n) is 2.76. The van der Waals surface area contributed by atoms with Crippen molar-refractivity contribution in [3.63, 3.8) is 0 Å². The minimum atomic E-state index is -1.26. The first-order valence-corrected chi connectivity index (χ1v) is 6.02. The minimum absolute atomic E-state index is 0.113. The Hall–Kier alpha value is -2.44. The third-order valence-electron chi connectivity index (χ3n) is 3.69. The zero-order valence-corrected chi connectivity index (χ0v) is 10.4. The first-order valence-electron chi connectivity index (χ1n) is 6.02. The number of nitrogen functional groups attached to an aromatic ring is 2. The van der Waals surface area contributed by atoms with E-state index in [9.17, 15) is 20.4 Å². The monoisotopic (exact) mass is 274 g/mol. The lowest BCUT2D eigenvalue weighted by Crippen LogP contribution is -2.21. The molecule has 0 heterocycles. The van der Waals surface area contributed by atoms with Crippen molar-refractivity contribution < 1.29 is 20.4 Å². The lowest BCUT2D eigenvalue weighted by atomic mass is 9.79.